The van der Waals surface area contributed by atoms with Gasteiger partial charge in [0.05, 0.1) is 0 Å². The summed E-state index contributed by atoms with van der Waals surface area (Å²) in [5.41, 5.74) is 2.06. The number of rotatable bonds is 3. The average molecular weight is 356 g/mol. The van der Waals surface area contributed by atoms with E-state index >= 15 is 0 Å². The molecule has 3 heterocycles. The molecule has 2 fully saturated rings. The van der Waals surface area contributed by atoms with Gasteiger partial charge in [0.15, 0.2) is 0 Å². The third kappa shape index (κ3) is 3.41. The number of piperidine rings is 1. The number of amides is 2. The minimum atomic E-state index is -0.0619. The Morgan fingerprint density at radius 3 is 2.65 bits per heavy atom. The highest BCUT2D eigenvalue weighted by Crippen LogP contribution is 2.22. The van der Waals surface area contributed by atoms with Crippen LogP contribution in [0.15, 0.2) is 18.2 Å². The summed E-state index contributed by atoms with van der Waals surface area (Å²) in [6.07, 6.45) is 3.00. The first-order valence-electron chi connectivity index (χ1n) is 9.21. The summed E-state index contributed by atoms with van der Waals surface area (Å²) in [6, 6.07) is 6.03. The fraction of sp³-hybridized carbons (Fsp3) is 0.556. The van der Waals surface area contributed by atoms with E-state index in [9.17, 15) is 9.59 Å². The number of hydrogen-bond acceptors (Lipinski definition) is 5. The predicted octanol–water partition coefficient (Wildman–Crippen LogP) is 0.773. The highest BCUT2D eigenvalue weighted by atomic mass is 16.2. The second-order valence-corrected chi connectivity index (χ2v) is 7.22. The fourth-order valence-electron chi connectivity index (χ4n) is 4.03. The van der Waals surface area contributed by atoms with Gasteiger partial charge < -0.3 is 10.2 Å². The second kappa shape index (κ2) is 7.03. The first kappa shape index (κ1) is 17.0. The lowest BCUT2D eigenvalue weighted by Gasteiger charge is -2.36. The van der Waals surface area contributed by atoms with Crippen molar-refractivity contribution in [3.8, 4) is 0 Å². The molecule has 2 N–H and O–H groups in total. The molecule has 8 nitrogen and oxygen atoms in total. The monoisotopic (exact) mass is 356 g/mol. The molecule has 8 heteroatoms. The molecule has 1 aromatic carbocycles. The minimum absolute atomic E-state index is 0.0619. The standard InChI is InChI=1S/C18H24N6O2/c1-12(25)23-8-5-15(6-9-23)24-7-4-14(11-24)19-18(26)13-2-3-16-17(10-13)21-22-20-16/h2-3,10,14-15H,4-9,11H2,1H3,(H,19,26)(H,20,21,22). The lowest BCUT2D eigenvalue weighted by Crippen LogP contribution is -2.46. The first-order valence-corrected chi connectivity index (χ1v) is 9.21. The maximum absolute atomic E-state index is 12.5. The van der Waals surface area contributed by atoms with Gasteiger partial charge in [0.25, 0.3) is 5.91 Å². The van der Waals surface area contributed by atoms with Crippen molar-refractivity contribution in [2.45, 2.75) is 38.3 Å². The number of H-pyrrole nitrogens is 1. The van der Waals surface area contributed by atoms with Gasteiger partial charge in [0.1, 0.15) is 11.0 Å². The van der Waals surface area contributed by atoms with Gasteiger partial charge in [-0.1, -0.05) is 0 Å². The molecule has 1 atom stereocenters. The number of nitrogens with zero attached hydrogens (tertiary/aromatic N) is 4. The van der Waals surface area contributed by atoms with Gasteiger partial charge in [-0.05, 0) is 37.5 Å². The number of benzene rings is 1. The number of likely N-dealkylation sites (tertiary alicyclic amines) is 2. The van der Waals surface area contributed by atoms with Gasteiger partial charge in [-0.2, -0.15) is 15.4 Å². The molecule has 0 radical (unpaired) electrons. The van der Waals surface area contributed by atoms with Crippen molar-refractivity contribution in [3.05, 3.63) is 23.8 Å². The Labute approximate surface area is 151 Å². The van der Waals surface area contributed by atoms with E-state index in [0.29, 0.717) is 17.1 Å². The van der Waals surface area contributed by atoms with Crippen LogP contribution in [0.1, 0.15) is 36.5 Å². The van der Waals surface area contributed by atoms with Crippen molar-refractivity contribution in [1.82, 2.24) is 30.5 Å². The van der Waals surface area contributed by atoms with Crippen LogP contribution in [0.2, 0.25) is 0 Å². The van der Waals surface area contributed by atoms with E-state index < -0.39 is 0 Å². The fourth-order valence-corrected chi connectivity index (χ4v) is 4.03. The van der Waals surface area contributed by atoms with Crippen molar-refractivity contribution in [2.75, 3.05) is 26.2 Å². The number of nitrogens with one attached hydrogen (secondary N) is 2. The maximum atomic E-state index is 12.5. The molecule has 4 rings (SSSR count). The number of fused-ring (bicyclic) bond motifs is 1. The summed E-state index contributed by atoms with van der Waals surface area (Å²) in [5.74, 6) is 0.104. The third-order valence-electron chi connectivity index (χ3n) is 5.56. The first-order chi connectivity index (χ1) is 12.6. The van der Waals surface area contributed by atoms with Crippen molar-refractivity contribution >= 4 is 22.8 Å². The molecule has 0 spiro atoms. The largest absolute Gasteiger partial charge is 0.348 e. The molecule has 26 heavy (non-hydrogen) atoms. The van der Waals surface area contributed by atoms with Crippen LogP contribution in [0.3, 0.4) is 0 Å². The Hall–Kier alpha value is -2.48. The molecule has 2 amide bonds. The quantitative estimate of drug-likeness (QED) is 0.847. The van der Waals surface area contributed by atoms with Crippen LogP contribution in [0.25, 0.3) is 11.0 Å². The zero-order chi connectivity index (χ0) is 18.1. The minimum Gasteiger partial charge on any atom is -0.348 e. The Morgan fingerprint density at radius 2 is 1.88 bits per heavy atom. The Kier molecular flexibility index (Phi) is 4.58. The number of hydrogen-bond donors (Lipinski definition) is 2. The van der Waals surface area contributed by atoms with E-state index in [2.05, 4.69) is 25.6 Å². The topological polar surface area (TPSA) is 94.2 Å². The lowest BCUT2D eigenvalue weighted by atomic mass is 10.0. The molecule has 0 saturated carbocycles. The summed E-state index contributed by atoms with van der Waals surface area (Å²) >= 11 is 0. The molecular formula is C18H24N6O2. The van der Waals surface area contributed by atoms with Gasteiger partial charge in [-0.25, -0.2) is 0 Å². The summed E-state index contributed by atoms with van der Waals surface area (Å²) in [5, 5.41) is 13.7. The van der Waals surface area contributed by atoms with Gasteiger partial charge in [-0.3, -0.25) is 14.5 Å². The van der Waals surface area contributed by atoms with Crippen LogP contribution in [-0.2, 0) is 4.79 Å². The highest BCUT2D eigenvalue weighted by Gasteiger charge is 2.31. The van der Waals surface area contributed by atoms with E-state index in [1.807, 2.05) is 4.90 Å². The molecule has 2 saturated heterocycles. The van der Waals surface area contributed by atoms with E-state index in [-0.39, 0.29) is 17.9 Å². The predicted molar refractivity (Wildman–Crippen MR) is 96.6 cm³/mol. The van der Waals surface area contributed by atoms with Crippen molar-refractivity contribution < 1.29 is 9.59 Å². The second-order valence-electron chi connectivity index (χ2n) is 7.22. The van der Waals surface area contributed by atoms with Gasteiger partial charge in [0.2, 0.25) is 5.91 Å². The highest BCUT2D eigenvalue weighted by molar-refractivity contribution is 5.97. The molecule has 2 aliphatic heterocycles. The molecule has 2 aliphatic rings. The summed E-state index contributed by atoms with van der Waals surface area (Å²) in [6.45, 7) is 5.19. The van der Waals surface area contributed by atoms with E-state index in [4.69, 9.17) is 0 Å². The summed E-state index contributed by atoms with van der Waals surface area (Å²) in [4.78, 5) is 28.4. The number of carbonyl (C=O) groups excluding carboxylic acids is 2. The molecular weight excluding hydrogens is 332 g/mol. The van der Waals surface area contributed by atoms with Crippen LogP contribution < -0.4 is 5.32 Å². The van der Waals surface area contributed by atoms with Gasteiger partial charge in [-0.15, -0.1) is 0 Å². The van der Waals surface area contributed by atoms with Crippen LogP contribution in [0.4, 0.5) is 0 Å². The zero-order valence-electron chi connectivity index (χ0n) is 14.9. The van der Waals surface area contributed by atoms with E-state index in [1.54, 1.807) is 25.1 Å². The molecule has 1 unspecified atom stereocenters. The smallest absolute Gasteiger partial charge is 0.251 e. The Morgan fingerprint density at radius 1 is 1.12 bits per heavy atom. The van der Waals surface area contributed by atoms with Crippen molar-refractivity contribution in [2.24, 2.45) is 0 Å². The molecule has 2 aromatic rings. The normalized spacial score (nSPS) is 22.0. The summed E-state index contributed by atoms with van der Waals surface area (Å²) in [7, 11) is 0. The maximum Gasteiger partial charge on any atom is 0.251 e. The average Bonchev–Trinajstić information content (AvgIpc) is 3.30. The van der Waals surface area contributed by atoms with E-state index in [1.165, 1.54) is 0 Å². The molecule has 0 bridgehead atoms. The molecule has 138 valence electrons. The van der Waals surface area contributed by atoms with E-state index in [0.717, 1.165) is 51.0 Å². The number of carbonyl (C=O) groups is 2. The van der Waals surface area contributed by atoms with Crippen LogP contribution in [-0.4, -0.2) is 75.3 Å². The van der Waals surface area contributed by atoms with Crippen molar-refractivity contribution in [3.63, 3.8) is 0 Å². The van der Waals surface area contributed by atoms with Crippen LogP contribution >= 0.6 is 0 Å². The number of aromatic amines is 1. The molecule has 1 aromatic heterocycles. The lowest BCUT2D eigenvalue weighted by molar-refractivity contribution is -0.130. The molecule has 0 aliphatic carbocycles. The van der Waals surface area contributed by atoms with Gasteiger partial charge in [0, 0.05) is 50.7 Å². The summed E-state index contributed by atoms with van der Waals surface area (Å²) < 4.78 is 0. The Bertz CT molecular complexity index is 811. The van der Waals surface area contributed by atoms with Crippen LogP contribution in [0, 0.1) is 0 Å². The SMILES string of the molecule is CC(=O)N1CCC(N2CCC(NC(=O)c3ccc4n[nH]nc4c3)C2)CC1. The van der Waals surface area contributed by atoms with Gasteiger partial charge >= 0.3 is 0 Å². The third-order valence-corrected chi connectivity index (χ3v) is 5.56. The zero-order valence-corrected chi connectivity index (χ0v) is 14.9. The number of aromatic nitrogens is 3. The van der Waals surface area contributed by atoms with Crippen LogP contribution in [0.5, 0.6) is 0 Å². The Balaban J connectivity index is 1.31. The van der Waals surface area contributed by atoms with Crippen molar-refractivity contribution in [1.29, 1.82) is 0 Å².